The Hall–Kier alpha value is -3.68. The summed E-state index contributed by atoms with van der Waals surface area (Å²) in [4.78, 5) is 4.36. The molecule has 0 saturated carbocycles. The highest BCUT2D eigenvalue weighted by molar-refractivity contribution is 5.67. The standard InChI is InChI=1S/C17H14N6O2/c1-24-13-10-6-5-9-12(13)23-15(18)14(20-22-23)17-19-16(21-25-17)11-7-3-2-4-8-11/h2-10H,18H2,1H3. The van der Waals surface area contributed by atoms with Crippen LogP contribution in [0.3, 0.4) is 0 Å². The summed E-state index contributed by atoms with van der Waals surface area (Å²) in [5.41, 5.74) is 8.02. The van der Waals surface area contributed by atoms with E-state index in [0.29, 0.717) is 23.0 Å². The number of methoxy groups -OCH3 is 1. The highest BCUT2D eigenvalue weighted by Gasteiger charge is 2.21. The normalized spacial score (nSPS) is 10.8. The molecule has 0 aliphatic heterocycles. The smallest absolute Gasteiger partial charge is 0.282 e. The Labute approximate surface area is 142 Å². The number of ether oxygens (including phenoxy) is 1. The van der Waals surface area contributed by atoms with Crippen LogP contribution in [0.2, 0.25) is 0 Å². The van der Waals surface area contributed by atoms with Crippen molar-refractivity contribution < 1.29 is 9.26 Å². The van der Waals surface area contributed by atoms with E-state index in [1.807, 2.05) is 54.6 Å². The number of nitrogens with zero attached hydrogens (tertiary/aromatic N) is 5. The molecule has 4 aromatic rings. The fraction of sp³-hybridized carbons (Fsp3) is 0.0588. The van der Waals surface area contributed by atoms with E-state index in [2.05, 4.69) is 20.5 Å². The predicted molar refractivity (Wildman–Crippen MR) is 91.1 cm³/mol. The van der Waals surface area contributed by atoms with E-state index in [9.17, 15) is 0 Å². The maximum absolute atomic E-state index is 6.19. The van der Waals surface area contributed by atoms with Crippen LogP contribution in [-0.4, -0.2) is 32.2 Å². The molecule has 25 heavy (non-hydrogen) atoms. The summed E-state index contributed by atoms with van der Waals surface area (Å²) in [6, 6.07) is 16.9. The molecule has 0 fully saturated rings. The first-order valence-corrected chi connectivity index (χ1v) is 7.52. The number of para-hydroxylation sites is 2. The van der Waals surface area contributed by atoms with Crippen molar-refractivity contribution in [3.05, 3.63) is 54.6 Å². The number of nitrogens with two attached hydrogens (primary N) is 1. The third-order valence-corrected chi connectivity index (χ3v) is 3.68. The molecule has 4 rings (SSSR count). The molecule has 8 heteroatoms. The highest BCUT2D eigenvalue weighted by Crippen LogP contribution is 2.29. The summed E-state index contributed by atoms with van der Waals surface area (Å²) in [6.45, 7) is 0. The summed E-state index contributed by atoms with van der Waals surface area (Å²) in [6.07, 6.45) is 0. The second-order valence-electron chi connectivity index (χ2n) is 5.20. The van der Waals surface area contributed by atoms with Gasteiger partial charge in [-0.2, -0.15) is 9.67 Å². The third-order valence-electron chi connectivity index (χ3n) is 3.68. The van der Waals surface area contributed by atoms with Gasteiger partial charge >= 0.3 is 0 Å². The molecular weight excluding hydrogens is 320 g/mol. The van der Waals surface area contributed by atoms with Gasteiger partial charge in [-0.05, 0) is 12.1 Å². The lowest BCUT2D eigenvalue weighted by molar-refractivity contribution is 0.411. The summed E-state index contributed by atoms with van der Waals surface area (Å²) < 4.78 is 12.1. The Morgan fingerprint density at radius 1 is 1.04 bits per heavy atom. The lowest BCUT2D eigenvalue weighted by atomic mass is 10.2. The van der Waals surface area contributed by atoms with Crippen molar-refractivity contribution in [1.82, 2.24) is 25.1 Å². The fourth-order valence-corrected chi connectivity index (χ4v) is 2.45. The van der Waals surface area contributed by atoms with Gasteiger partial charge in [0.1, 0.15) is 11.4 Å². The van der Waals surface area contributed by atoms with E-state index < -0.39 is 0 Å². The minimum Gasteiger partial charge on any atom is -0.494 e. The van der Waals surface area contributed by atoms with Crippen LogP contribution in [0.5, 0.6) is 5.75 Å². The minimum absolute atomic E-state index is 0.206. The molecule has 0 radical (unpaired) electrons. The van der Waals surface area contributed by atoms with E-state index in [0.717, 1.165) is 5.56 Å². The first-order chi connectivity index (χ1) is 12.3. The highest BCUT2D eigenvalue weighted by atomic mass is 16.5. The molecule has 2 aromatic carbocycles. The van der Waals surface area contributed by atoms with Gasteiger partial charge in [-0.15, -0.1) is 5.10 Å². The number of nitrogen functional groups attached to an aromatic ring is 1. The maximum Gasteiger partial charge on any atom is 0.282 e. The van der Waals surface area contributed by atoms with E-state index in [1.165, 1.54) is 4.68 Å². The Balaban J connectivity index is 1.74. The van der Waals surface area contributed by atoms with Gasteiger partial charge < -0.3 is 15.0 Å². The molecule has 124 valence electrons. The molecule has 0 unspecified atom stereocenters. The molecule has 0 amide bonds. The molecule has 2 N–H and O–H groups in total. The molecule has 0 bridgehead atoms. The van der Waals surface area contributed by atoms with Crippen molar-refractivity contribution in [3.63, 3.8) is 0 Å². The summed E-state index contributed by atoms with van der Waals surface area (Å²) in [5, 5.41) is 12.1. The number of hydrogen-bond donors (Lipinski definition) is 1. The van der Waals surface area contributed by atoms with Crippen LogP contribution in [0.25, 0.3) is 28.7 Å². The molecule has 2 heterocycles. The van der Waals surface area contributed by atoms with Crippen LogP contribution in [0.4, 0.5) is 5.82 Å². The van der Waals surface area contributed by atoms with Crippen molar-refractivity contribution in [2.75, 3.05) is 12.8 Å². The Morgan fingerprint density at radius 3 is 2.60 bits per heavy atom. The van der Waals surface area contributed by atoms with Crippen LogP contribution < -0.4 is 10.5 Å². The first-order valence-electron chi connectivity index (χ1n) is 7.52. The van der Waals surface area contributed by atoms with Crippen LogP contribution in [-0.2, 0) is 0 Å². The molecule has 8 nitrogen and oxygen atoms in total. The quantitative estimate of drug-likeness (QED) is 0.611. The van der Waals surface area contributed by atoms with Gasteiger partial charge in [-0.25, -0.2) is 0 Å². The molecule has 2 aromatic heterocycles. The average molecular weight is 334 g/mol. The SMILES string of the molecule is COc1ccccc1-n1nnc(-c2nc(-c3ccccc3)no2)c1N. The molecule has 0 saturated heterocycles. The van der Waals surface area contributed by atoms with Crippen molar-refractivity contribution in [1.29, 1.82) is 0 Å². The van der Waals surface area contributed by atoms with Gasteiger partial charge in [0.2, 0.25) is 5.82 Å². The molecule has 0 aliphatic rings. The van der Waals surface area contributed by atoms with Gasteiger partial charge in [-0.1, -0.05) is 52.8 Å². The monoisotopic (exact) mass is 334 g/mol. The lowest BCUT2D eigenvalue weighted by Gasteiger charge is -2.08. The van der Waals surface area contributed by atoms with Crippen LogP contribution in [0, 0.1) is 0 Å². The number of aromatic nitrogens is 5. The van der Waals surface area contributed by atoms with Crippen LogP contribution in [0.15, 0.2) is 59.1 Å². The largest absolute Gasteiger partial charge is 0.494 e. The predicted octanol–water partition coefficient (Wildman–Crippen LogP) is 2.58. The number of anilines is 1. The van der Waals surface area contributed by atoms with Crippen LogP contribution in [0.1, 0.15) is 0 Å². The fourth-order valence-electron chi connectivity index (χ4n) is 2.45. The van der Waals surface area contributed by atoms with Gasteiger partial charge in [0, 0.05) is 5.56 Å². The van der Waals surface area contributed by atoms with Gasteiger partial charge in [0.05, 0.1) is 7.11 Å². The molecule has 0 spiro atoms. The zero-order valence-electron chi connectivity index (χ0n) is 13.3. The van der Waals surface area contributed by atoms with Crippen molar-refractivity contribution >= 4 is 5.82 Å². The molecule has 0 atom stereocenters. The van der Waals surface area contributed by atoms with E-state index in [4.69, 9.17) is 15.0 Å². The van der Waals surface area contributed by atoms with E-state index in [1.54, 1.807) is 7.11 Å². The zero-order chi connectivity index (χ0) is 17.2. The second-order valence-corrected chi connectivity index (χ2v) is 5.20. The van der Waals surface area contributed by atoms with Gasteiger partial charge in [-0.3, -0.25) is 0 Å². The molecular formula is C17H14N6O2. The van der Waals surface area contributed by atoms with E-state index in [-0.39, 0.29) is 11.7 Å². The van der Waals surface area contributed by atoms with E-state index >= 15 is 0 Å². The Morgan fingerprint density at radius 2 is 1.80 bits per heavy atom. The molecule has 0 aliphatic carbocycles. The second kappa shape index (κ2) is 6.08. The number of benzene rings is 2. The zero-order valence-corrected chi connectivity index (χ0v) is 13.3. The van der Waals surface area contributed by atoms with Gasteiger partial charge in [0.25, 0.3) is 5.89 Å². The summed E-state index contributed by atoms with van der Waals surface area (Å²) in [5.74, 6) is 1.58. The maximum atomic E-state index is 6.19. The van der Waals surface area contributed by atoms with Crippen molar-refractivity contribution in [2.24, 2.45) is 0 Å². The number of rotatable bonds is 4. The first kappa shape index (κ1) is 14.9. The van der Waals surface area contributed by atoms with Crippen molar-refractivity contribution in [3.8, 4) is 34.4 Å². The third kappa shape index (κ3) is 2.59. The van der Waals surface area contributed by atoms with Gasteiger partial charge in [0.15, 0.2) is 11.5 Å². The summed E-state index contributed by atoms with van der Waals surface area (Å²) in [7, 11) is 1.58. The van der Waals surface area contributed by atoms with Crippen molar-refractivity contribution in [2.45, 2.75) is 0 Å². The van der Waals surface area contributed by atoms with Crippen LogP contribution >= 0.6 is 0 Å². The number of hydrogen-bond acceptors (Lipinski definition) is 7. The Bertz CT molecular complexity index is 1010. The average Bonchev–Trinajstić information content (AvgIpc) is 3.29. The lowest BCUT2D eigenvalue weighted by Crippen LogP contribution is -2.04. The minimum atomic E-state index is 0.206. The topological polar surface area (TPSA) is 105 Å². The summed E-state index contributed by atoms with van der Waals surface area (Å²) >= 11 is 0. The Kier molecular flexibility index (Phi) is 3.62.